The first kappa shape index (κ1) is 16.9. The summed E-state index contributed by atoms with van der Waals surface area (Å²) in [6, 6.07) is 0.608. The molecule has 2 aliphatic rings. The van der Waals surface area contributed by atoms with Crippen LogP contribution in [0.15, 0.2) is 0 Å². The minimum atomic E-state index is 0.146. The van der Waals surface area contributed by atoms with E-state index in [4.69, 9.17) is 5.11 Å². The van der Waals surface area contributed by atoms with Gasteiger partial charge < -0.3 is 15.3 Å². The van der Waals surface area contributed by atoms with Crippen LogP contribution in [-0.2, 0) is 13.1 Å². The summed E-state index contributed by atoms with van der Waals surface area (Å²) < 4.78 is 1.92. The van der Waals surface area contributed by atoms with E-state index in [9.17, 15) is 0 Å². The second-order valence-corrected chi connectivity index (χ2v) is 7.37. The molecule has 1 saturated heterocycles. The molecule has 5 nitrogen and oxygen atoms in total. The van der Waals surface area contributed by atoms with Crippen LogP contribution in [0, 0.1) is 19.8 Å². The van der Waals surface area contributed by atoms with Crippen molar-refractivity contribution in [2.75, 3.05) is 26.2 Å². The van der Waals surface area contributed by atoms with Crippen LogP contribution in [0.3, 0.4) is 0 Å². The van der Waals surface area contributed by atoms with E-state index < -0.39 is 0 Å². The molecular weight excluding hydrogens is 288 g/mol. The summed E-state index contributed by atoms with van der Waals surface area (Å²) in [5, 5.41) is 17.4. The average molecular weight is 320 g/mol. The van der Waals surface area contributed by atoms with E-state index in [2.05, 4.69) is 29.2 Å². The van der Waals surface area contributed by atoms with Crippen LogP contribution in [0.25, 0.3) is 0 Å². The van der Waals surface area contributed by atoms with Crippen molar-refractivity contribution in [2.45, 2.75) is 65.1 Å². The zero-order valence-electron chi connectivity index (χ0n) is 14.7. The molecule has 1 unspecified atom stereocenters. The number of aliphatic hydroxyl groups is 1. The Morgan fingerprint density at radius 3 is 2.74 bits per heavy atom. The van der Waals surface area contributed by atoms with Crippen molar-refractivity contribution >= 4 is 0 Å². The smallest absolute Gasteiger partial charge is 0.0644 e. The van der Waals surface area contributed by atoms with E-state index >= 15 is 0 Å². The highest BCUT2D eigenvalue weighted by molar-refractivity contribution is 5.24. The Morgan fingerprint density at radius 2 is 2.00 bits per heavy atom. The topological polar surface area (TPSA) is 53.3 Å². The fourth-order valence-electron chi connectivity index (χ4n) is 4.27. The number of aryl methyl sites for hydroxylation is 1. The van der Waals surface area contributed by atoms with Crippen LogP contribution in [0.4, 0.5) is 0 Å². The maximum absolute atomic E-state index is 9.11. The number of hydrogen-bond donors (Lipinski definition) is 2. The molecule has 1 saturated carbocycles. The number of nitrogens with one attached hydrogen (secondary N) is 1. The fourth-order valence-corrected chi connectivity index (χ4v) is 4.27. The summed E-state index contributed by atoms with van der Waals surface area (Å²) in [6.07, 6.45) is 7.02. The number of likely N-dealkylation sites (tertiary alicyclic amines) is 1. The molecule has 1 aromatic rings. The van der Waals surface area contributed by atoms with Gasteiger partial charge in [-0.2, -0.15) is 5.10 Å². The van der Waals surface area contributed by atoms with Gasteiger partial charge in [0.25, 0.3) is 0 Å². The van der Waals surface area contributed by atoms with Crippen molar-refractivity contribution in [3.63, 3.8) is 0 Å². The number of hydrogen-bond acceptors (Lipinski definition) is 4. The molecule has 3 rings (SSSR count). The Balaban J connectivity index is 1.47. The summed E-state index contributed by atoms with van der Waals surface area (Å²) in [5.74, 6) is 0.954. The van der Waals surface area contributed by atoms with E-state index in [0.29, 0.717) is 12.6 Å². The van der Waals surface area contributed by atoms with Gasteiger partial charge in [-0.1, -0.05) is 12.8 Å². The van der Waals surface area contributed by atoms with Crippen LogP contribution in [0.1, 0.15) is 49.1 Å². The highest BCUT2D eigenvalue weighted by atomic mass is 16.3. The first-order chi connectivity index (χ1) is 11.2. The Hall–Kier alpha value is -0.910. The first-order valence-corrected chi connectivity index (χ1v) is 9.27. The summed E-state index contributed by atoms with van der Waals surface area (Å²) in [5.41, 5.74) is 3.57. The van der Waals surface area contributed by atoms with Gasteiger partial charge in [0.1, 0.15) is 0 Å². The van der Waals surface area contributed by atoms with Gasteiger partial charge in [-0.3, -0.25) is 4.68 Å². The van der Waals surface area contributed by atoms with Gasteiger partial charge in [0.2, 0.25) is 0 Å². The zero-order valence-corrected chi connectivity index (χ0v) is 14.7. The third kappa shape index (κ3) is 4.14. The molecule has 2 heterocycles. The summed E-state index contributed by atoms with van der Waals surface area (Å²) in [4.78, 5) is 2.66. The minimum absolute atomic E-state index is 0.146. The van der Waals surface area contributed by atoms with E-state index in [1.165, 1.54) is 63.0 Å². The van der Waals surface area contributed by atoms with Gasteiger partial charge in [0.15, 0.2) is 0 Å². The van der Waals surface area contributed by atoms with Crippen LogP contribution in [0.5, 0.6) is 0 Å². The Morgan fingerprint density at radius 1 is 1.22 bits per heavy atom. The molecule has 2 fully saturated rings. The van der Waals surface area contributed by atoms with Gasteiger partial charge in [0, 0.05) is 36.9 Å². The fraction of sp³-hybridized carbons (Fsp3) is 0.833. The summed E-state index contributed by atoms with van der Waals surface area (Å²) in [6.45, 7) is 9.55. The lowest BCUT2D eigenvalue weighted by atomic mass is 10.1. The van der Waals surface area contributed by atoms with Crippen molar-refractivity contribution in [3.05, 3.63) is 17.0 Å². The third-order valence-electron chi connectivity index (χ3n) is 5.67. The van der Waals surface area contributed by atoms with E-state index in [1.807, 2.05) is 4.68 Å². The Kier molecular flexibility index (Phi) is 5.72. The van der Waals surface area contributed by atoms with E-state index in [0.717, 1.165) is 18.2 Å². The van der Waals surface area contributed by atoms with Crippen molar-refractivity contribution in [3.8, 4) is 0 Å². The monoisotopic (exact) mass is 320 g/mol. The molecule has 2 N–H and O–H groups in total. The number of aromatic nitrogens is 2. The molecule has 1 aliphatic carbocycles. The predicted molar refractivity (Wildman–Crippen MR) is 92.4 cm³/mol. The number of aliphatic hydroxyl groups excluding tert-OH is 1. The lowest BCUT2D eigenvalue weighted by Crippen LogP contribution is -2.34. The molecule has 1 aromatic heterocycles. The second kappa shape index (κ2) is 7.77. The Labute approximate surface area is 140 Å². The lowest BCUT2D eigenvalue weighted by Gasteiger charge is -2.20. The van der Waals surface area contributed by atoms with Crippen LogP contribution in [-0.4, -0.2) is 52.1 Å². The second-order valence-electron chi connectivity index (χ2n) is 7.37. The van der Waals surface area contributed by atoms with Crippen LogP contribution in [0.2, 0.25) is 0 Å². The highest BCUT2D eigenvalue weighted by Gasteiger charge is 2.26. The van der Waals surface area contributed by atoms with Crippen molar-refractivity contribution in [2.24, 2.45) is 5.92 Å². The molecule has 1 aliphatic heterocycles. The Bertz CT molecular complexity index is 507. The van der Waals surface area contributed by atoms with Crippen LogP contribution >= 0.6 is 0 Å². The van der Waals surface area contributed by atoms with Gasteiger partial charge in [0.05, 0.1) is 18.8 Å². The predicted octanol–water partition coefficient (Wildman–Crippen LogP) is 1.85. The maximum Gasteiger partial charge on any atom is 0.0644 e. The third-order valence-corrected chi connectivity index (χ3v) is 5.67. The van der Waals surface area contributed by atoms with Gasteiger partial charge >= 0.3 is 0 Å². The molecule has 5 heteroatoms. The zero-order chi connectivity index (χ0) is 16.2. The molecule has 0 bridgehead atoms. The van der Waals surface area contributed by atoms with E-state index in [-0.39, 0.29) is 6.61 Å². The largest absolute Gasteiger partial charge is 0.394 e. The normalized spacial score (nSPS) is 23.2. The summed E-state index contributed by atoms with van der Waals surface area (Å²) >= 11 is 0. The summed E-state index contributed by atoms with van der Waals surface area (Å²) in [7, 11) is 0. The van der Waals surface area contributed by atoms with Crippen molar-refractivity contribution in [1.82, 2.24) is 20.0 Å². The molecule has 0 spiro atoms. The lowest BCUT2D eigenvalue weighted by molar-refractivity contribution is 0.267. The maximum atomic E-state index is 9.11. The molecule has 1 atom stereocenters. The number of rotatable bonds is 7. The molecule has 23 heavy (non-hydrogen) atoms. The van der Waals surface area contributed by atoms with Gasteiger partial charge in [-0.25, -0.2) is 0 Å². The standard InChI is InChI=1S/C18H32N4O/c1-14-18(15(2)22(20-14)9-10-23)11-19-17-7-8-21(13-17)12-16-5-3-4-6-16/h16-17,19,23H,3-13H2,1-2H3. The highest BCUT2D eigenvalue weighted by Crippen LogP contribution is 2.26. The number of nitrogens with zero attached hydrogens (tertiary/aromatic N) is 3. The van der Waals surface area contributed by atoms with Crippen molar-refractivity contribution in [1.29, 1.82) is 0 Å². The van der Waals surface area contributed by atoms with Gasteiger partial charge in [-0.05, 0) is 45.6 Å². The van der Waals surface area contributed by atoms with E-state index in [1.54, 1.807) is 0 Å². The molecule has 0 radical (unpaired) electrons. The van der Waals surface area contributed by atoms with Gasteiger partial charge in [-0.15, -0.1) is 0 Å². The molecule has 130 valence electrons. The van der Waals surface area contributed by atoms with Crippen molar-refractivity contribution < 1.29 is 5.11 Å². The molecular formula is C18H32N4O. The quantitative estimate of drug-likeness (QED) is 0.805. The molecule has 0 aromatic carbocycles. The SMILES string of the molecule is Cc1nn(CCO)c(C)c1CNC1CCN(CC2CCCC2)C1. The first-order valence-electron chi connectivity index (χ1n) is 9.27. The molecule has 0 amide bonds. The minimum Gasteiger partial charge on any atom is -0.394 e. The average Bonchev–Trinajstić information content (AvgIpc) is 3.23. The van der Waals surface area contributed by atoms with Crippen LogP contribution < -0.4 is 5.32 Å².